The lowest BCUT2D eigenvalue weighted by Crippen LogP contribution is -2.38. The number of aryl methyl sites for hydroxylation is 1. The largest absolute Gasteiger partial charge is 0.497 e. The molecule has 128 valence electrons. The highest BCUT2D eigenvalue weighted by atomic mass is 32.2. The SMILES string of the molecule is COc1ccc(C(NC(=O)C2CCCCS2)c2nccn2C)cc1. The van der Waals surface area contributed by atoms with Crippen LogP contribution in [0.3, 0.4) is 0 Å². The smallest absolute Gasteiger partial charge is 0.233 e. The molecular formula is C18H23N3O2S. The summed E-state index contributed by atoms with van der Waals surface area (Å²) in [6.07, 6.45) is 6.93. The van der Waals surface area contributed by atoms with Crippen LogP contribution in [0, 0.1) is 0 Å². The van der Waals surface area contributed by atoms with Crippen molar-refractivity contribution in [2.24, 2.45) is 7.05 Å². The van der Waals surface area contributed by atoms with Gasteiger partial charge in [0.05, 0.1) is 12.4 Å². The van der Waals surface area contributed by atoms with Crippen LogP contribution in [0.25, 0.3) is 0 Å². The molecule has 0 spiro atoms. The average molecular weight is 345 g/mol. The maximum Gasteiger partial charge on any atom is 0.233 e. The second kappa shape index (κ2) is 7.75. The molecule has 2 unspecified atom stereocenters. The van der Waals surface area contributed by atoms with Crippen molar-refractivity contribution >= 4 is 17.7 Å². The van der Waals surface area contributed by atoms with E-state index in [0.717, 1.165) is 35.7 Å². The van der Waals surface area contributed by atoms with Crippen molar-refractivity contribution < 1.29 is 9.53 Å². The molecule has 5 nitrogen and oxygen atoms in total. The molecule has 3 rings (SSSR count). The summed E-state index contributed by atoms with van der Waals surface area (Å²) in [4.78, 5) is 17.2. The van der Waals surface area contributed by atoms with Gasteiger partial charge in [0.15, 0.2) is 0 Å². The van der Waals surface area contributed by atoms with E-state index in [9.17, 15) is 4.79 Å². The van der Waals surface area contributed by atoms with E-state index in [-0.39, 0.29) is 17.2 Å². The summed E-state index contributed by atoms with van der Waals surface area (Å²) in [6.45, 7) is 0. The van der Waals surface area contributed by atoms with Crippen molar-refractivity contribution in [3.8, 4) is 5.75 Å². The molecule has 6 heteroatoms. The van der Waals surface area contributed by atoms with Crippen molar-refractivity contribution in [1.29, 1.82) is 0 Å². The van der Waals surface area contributed by atoms with Crippen molar-refractivity contribution in [2.75, 3.05) is 12.9 Å². The molecule has 1 aliphatic heterocycles. The van der Waals surface area contributed by atoms with Crippen LogP contribution in [0.2, 0.25) is 0 Å². The van der Waals surface area contributed by atoms with Crippen LogP contribution in [-0.4, -0.2) is 33.6 Å². The van der Waals surface area contributed by atoms with Gasteiger partial charge in [0.2, 0.25) is 5.91 Å². The molecule has 1 fully saturated rings. The van der Waals surface area contributed by atoms with Gasteiger partial charge < -0.3 is 14.6 Å². The van der Waals surface area contributed by atoms with Gasteiger partial charge in [-0.2, -0.15) is 0 Å². The van der Waals surface area contributed by atoms with Gasteiger partial charge in [0, 0.05) is 19.4 Å². The highest BCUT2D eigenvalue weighted by Gasteiger charge is 2.27. The third kappa shape index (κ3) is 3.75. The number of carbonyl (C=O) groups is 1. The zero-order chi connectivity index (χ0) is 16.9. The summed E-state index contributed by atoms with van der Waals surface area (Å²) in [5.74, 6) is 2.79. The molecule has 1 saturated heterocycles. The quantitative estimate of drug-likeness (QED) is 0.905. The first-order chi connectivity index (χ1) is 11.7. The number of carbonyl (C=O) groups excluding carboxylic acids is 1. The maximum atomic E-state index is 12.7. The number of nitrogens with one attached hydrogen (secondary N) is 1. The van der Waals surface area contributed by atoms with Gasteiger partial charge in [-0.1, -0.05) is 18.6 Å². The van der Waals surface area contributed by atoms with Crippen LogP contribution in [0.4, 0.5) is 0 Å². The molecule has 2 aromatic rings. The number of ether oxygens (including phenoxy) is 1. The summed E-state index contributed by atoms with van der Waals surface area (Å²) >= 11 is 1.76. The number of aromatic nitrogens is 2. The van der Waals surface area contributed by atoms with Crippen molar-refractivity contribution in [3.63, 3.8) is 0 Å². The van der Waals surface area contributed by atoms with Gasteiger partial charge >= 0.3 is 0 Å². The Morgan fingerprint density at radius 3 is 2.75 bits per heavy atom. The second-order valence-corrected chi connectivity index (χ2v) is 7.28. The van der Waals surface area contributed by atoms with E-state index in [1.807, 2.05) is 42.1 Å². The topological polar surface area (TPSA) is 56.1 Å². The number of thioether (sulfide) groups is 1. The number of hydrogen-bond acceptors (Lipinski definition) is 4. The van der Waals surface area contributed by atoms with E-state index in [4.69, 9.17) is 4.74 Å². The molecule has 0 saturated carbocycles. The van der Waals surface area contributed by atoms with Crippen molar-refractivity contribution in [3.05, 3.63) is 48.0 Å². The van der Waals surface area contributed by atoms with Crippen LogP contribution in [0.5, 0.6) is 5.75 Å². The number of imidazole rings is 1. The Morgan fingerprint density at radius 2 is 2.17 bits per heavy atom. The molecule has 1 N–H and O–H groups in total. The fraction of sp³-hybridized carbons (Fsp3) is 0.444. The summed E-state index contributed by atoms with van der Waals surface area (Å²) < 4.78 is 7.18. The van der Waals surface area contributed by atoms with Crippen LogP contribution in [0.15, 0.2) is 36.7 Å². The molecule has 1 aromatic heterocycles. The monoisotopic (exact) mass is 345 g/mol. The Balaban J connectivity index is 1.84. The molecule has 1 amide bonds. The van der Waals surface area contributed by atoms with Gasteiger partial charge in [0.1, 0.15) is 17.6 Å². The summed E-state index contributed by atoms with van der Waals surface area (Å²) in [5.41, 5.74) is 0.999. The molecule has 1 aromatic carbocycles. The predicted molar refractivity (Wildman–Crippen MR) is 96.3 cm³/mol. The van der Waals surface area contributed by atoms with E-state index >= 15 is 0 Å². The van der Waals surface area contributed by atoms with E-state index < -0.39 is 0 Å². The molecule has 2 heterocycles. The van der Waals surface area contributed by atoms with Crippen molar-refractivity contribution in [1.82, 2.24) is 14.9 Å². The second-order valence-electron chi connectivity index (χ2n) is 5.97. The van der Waals surface area contributed by atoms with Crippen LogP contribution in [-0.2, 0) is 11.8 Å². The predicted octanol–water partition coefficient (Wildman–Crippen LogP) is 2.92. The zero-order valence-electron chi connectivity index (χ0n) is 14.1. The Labute approximate surface area is 146 Å². The standard InChI is InChI=1S/C18H23N3O2S/c1-21-11-10-19-17(21)16(13-6-8-14(23-2)9-7-13)20-18(22)15-5-3-4-12-24-15/h6-11,15-16H,3-5,12H2,1-2H3,(H,20,22). The maximum absolute atomic E-state index is 12.7. The van der Waals surface area contributed by atoms with Gasteiger partial charge in [-0.3, -0.25) is 4.79 Å². The molecule has 2 atom stereocenters. The molecule has 0 bridgehead atoms. The van der Waals surface area contributed by atoms with Gasteiger partial charge in [-0.15, -0.1) is 11.8 Å². The minimum Gasteiger partial charge on any atom is -0.497 e. The number of benzene rings is 1. The van der Waals surface area contributed by atoms with E-state index in [1.54, 1.807) is 25.1 Å². The molecule has 24 heavy (non-hydrogen) atoms. The number of amides is 1. The Bertz CT molecular complexity index is 678. The highest BCUT2D eigenvalue weighted by Crippen LogP contribution is 2.28. The first-order valence-corrected chi connectivity index (χ1v) is 9.27. The van der Waals surface area contributed by atoms with E-state index in [2.05, 4.69) is 10.3 Å². The number of nitrogens with zero attached hydrogens (tertiary/aromatic N) is 2. The average Bonchev–Trinajstić information content (AvgIpc) is 3.06. The van der Waals surface area contributed by atoms with Crippen LogP contribution < -0.4 is 10.1 Å². The lowest BCUT2D eigenvalue weighted by molar-refractivity contribution is -0.121. The minimum absolute atomic E-state index is 0.0415. The Hall–Kier alpha value is -1.95. The van der Waals surface area contributed by atoms with Gasteiger partial charge in [-0.25, -0.2) is 4.98 Å². The number of hydrogen-bond donors (Lipinski definition) is 1. The third-order valence-corrected chi connectivity index (χ3v) is 5.70. The van der Waals surface area contributed by atoms with Crippen LogP contribution >= 0.6 is 11.8 Å². The summed E-state index contributed by atoms with van der Waals surface area (Å²) in [7, 11) is 3.59. The number of rotatable bonds is 5. The third-order valence-electron chi connectivity index (χ3n) is 4.32. The van der Waals surface area contributed by atoms with E-state index in [1.165, 1.54) is 6.42 Å². The molecule has 1 aliphatic rings. The summed E-state index contributed by atoms with van der Waals surface area (Å²) in [5, 5.41) is 3.24. The fourth-order valence-electron chi connectivity index (χ4n) is 2.93. The van der Waals surface area contributed by atoms with Crippen molar-refractivity contribution in [2.45, 2.75) is 30.6 Å². The summed E-state index contributed by atoms with van der Waals surface area (Å²) in [6, 6.07) is 7.52. The van der Waals surface area contributed by atoms with Gasteiger partial charge in [0.25, 0.3) is 0 Å². The Kier molecular flexibility index (Phi) is 5.45. The van der Waals surface area contributed by atoms with Gasteiger partial charge in [-0.05, 0) is 36.3 Å². The fourth-order valence-corrected chi connectivity index (χ4v) is 4.14. The lowest BCUT2D eigenvalue weighted by Gasteiger charge is -2.25. The molecule has 0 radical (unpaired) electrons. The van der Waals surface area contributed by atoms with Crippen LogP contribution in [0.1, 0.15) is 36.7 Å². The Morgan fingerprint density at radius 1 is 1.38 bits per heavy atom. The highest BCUT2D eigenvalue weighted by molar-refractivity contribution is 8.00. The molecular weight excluding hydrogens is 322 g/mol. The van der Waals surface area contributed by atoms with E-state index in [0.29, 0.717) is 0 Å². The zero-order valence-corrected chi connectivity index (χ0v) is 14.9. The number of methoxy groups -OCH3 is 1. The first kappa shape index (κ1) is 16.9. The first-order valence-electron chi connectivity index (χ1n) is 8.22. The minimum atomic E-state index is -0.258. The molecule has 0 aliphatic carbocycles. The lowest BCUT2D eigenvalue weighted by atomic mass is 10.0. The normalized spacial score (nSPS) is 18.8.